The zero-order chi connectivity index (χ0) is 19.2. The van der Waals surface area contributed by atoms with Gasteiger partial charge in [0.15, 0.2) is 0 Å². The van der Waals surface area contributed by atoms with Crippen molar-refractivity contribution < 1.29 is 17.6 Å². The molecule has 0 saturated heterocycles. The standard InChI is InChI=1S/C17H22N4O4S/c1-4-21(5-2)26(22,23)14-8-6-13(7-9-14)16-20-15(12-18)17(25-16)19-10-11-24-3/h6-9,19H,4-5,10-11H2,1-3H3. The first-order chi connectivity index (χ1) is 12.5. The molecule has 0 aliphatic heterocycles. The Hall–Kier alpha value is -2.41. The Morgan fingerprint density at radius 1 is 1.27 bits per heavy atom. The van der Waals surface area contributed by atoms with Crippen LogP contribution in [0.1, 0.15) is 19.5 Å². The normalized spacial score (nSPS) is 11.5. The van der Waals surface area contributed by atoms with E-state index in [2.05, 4.69) is 10.3 Å². The molecule has 0 bridgehead atoms. The second kappa shape index (κ2) is 8.80. The minimum atomic E-state index is -3.52. The summed E-state index contributed by atoms with van der Waals surface area (Å²) in [5, 5.41) is 12.1. The number of rotatable bonds is 9. The maximum absolute atomic E-state index is 12.5. The topological polar surface area (TPSA) is 108 Å². The first-order valence-electron chi connectivity index (χ1n) is 8.22. The molecule has 1 N–H and O–H groups in total. The Balaban J connectivity index is 2.27. The molecule has 0 saturated carbocycles. The number of anilines is 1. The summed E-state index contributed by atoms with van der Waals surface area (Å²) in [4.78, 5) is 4.35. The maximum Gasteiger partial charge on any atom is 0.243 e. The highest BCUT2D eigenvalue weighted by atomic mass is 32.2. The van der Waals surface area contributed by atoms with Crippen LogP contribution in [0.25, 0.3) is 11.5 Å². The van der Waals surface area contributed by atoms with Gasteiger partial charge in [0.2, 0.25) is 27.5 Å². The van der Waals surface area contributed by atoms with E-state index in [1.807, 2.05) is 6.07 Å². The van der Waals surface area contributed by atoms with E-state index in [4.69, 9.17) is 9.15 Å². The number of hydrogen-bond acceptors (Lipinski definition) is 7. The lowest BCUT2D eigenvalue weighted by molar-refractivity contribution is 0.210. The summed E-state index contributed by atoms with van der Waals surface area (Å²) in [5.41, 5.74) is 0.718. The highest BCUT2D eigenvalue weighted by Crippen LogP contribution is 2.26. The number of methoxy groups -OCH3 is 1. The van der Waals surface area contributed by atoms with Crippen molar-refractivity contribution in [3.8, 4) is 17.5 Å². The third kappa shape index (κ3) is 4.22. The third-order valence-electron chi connectivity index (χ3n) is 3.77. The van der Waals surface area contributed by atoms with E-state index in [1.54, 1.807) is 33.1 Å². The molecule has 0 spiro atoms. The average molecular weight is 378 g/mol. The first kappa shape index (κ1) is 19.9. The lowest BCUT2D eigenvalue weighted by Crippen LogP contribution is -2.30. The predicted molar refractivity (Wildman–Crippen MR) is 97.1 cm³/mol. The van der Waals surface area contributed by atoms with Crippen LogP contribution in [0.15, 0.2) is 33.6 Å². The molecule has 0 atom stereocenters. The average Bonchev–Trinajstić information content (AvgIpc) is 3.06. The molecular formula is C17H22N4O4S. The Morgan fingerprint density at radius 3 is 2.46 bits per heavy atom. The van der Waals surface area contributed by atoms with Crippen LogP contribution in [-0.4, -0.2) is 51.1 Å². The molecule has 1 aromatic carbocycles. The second-order valence-corrected chi connectivity index (χ2v) is 7.28. The lowest BCUT2D eigenvalue weighted by atomic mass is 10.2. The number of nitrogens with zero attached hydrogens (tertiary/aromatic N) is 3. The monoisotopic (exact) mass is 378 g/mol. The van der Waals surface area contributed by atoms with Gasteiger partial charge in [-0.2, -0.15) is 14.6 Å². The zero-order valence-corrected chi connectivity index (χ0v) is 15.8. The van der Waals surface area contributed by atoms with Gasteiger partial charge in [-0.15, -0.1) is 0 Å². The number of aromatic nitrogens is 1. The molecule has 0 aliphatic carbocycles. The van der Waals surface area contributed by atoms with Gasteiger partial charge in [0.25, 0.3) is 0 Å². The molecule has 1 heterocycles. The van der Waals surface area contributed by atoms with Crippen LogP contribution >= 0.6 is 0 Å². The molecule has 0 fully saturated rings. The summed E-state index contributed by atoms with van der Waals surface area (Å²) in [5.74, 6) is 0.507. The molecule has 1 aromatic heterocycles. The minimum Gasteiger partial charge on any atom is -0.419 e. The quantitative estimate of drug-likeness (QED) is 0.667. The van der Waals surface area contributed by atoms with E-state index < -0.39 is 10.0 Å². The number of hydrogen-bond donors (Lipinski definition) is 1. The van der Waals surface area contributed by atoms with Gasteiger partial charge in [-0.05, 0) is 24.3 Å². The second-order valence-electron chi connectivity index (χ2n) is 5.34. The molecule has 140 valence electrons. The third-order valence-corrected chi connectivity index (χ3v) is 5.83. The lowest BCUT2D eigenvalue weighted by Gasteiger charge is -2.18. The summed E-state index contributed by atoms with van der Waals surface area (Å²) < 4.78 is 37.0. The van der Waals surface area contributed by atoms with E-state index in [1.165, 1.54) is 16.4 Å². The largest absolute Gasteiger partial charge is 0.419 e. The maximum atomic E-state index is 12.5. The smallest absolute Gasteiger partial charge is 0.243 e. The summed E-state index contributed by atoms with van der Waals surface area (Å²) in [6, 6.07) is 8.22. The van der Waals surface area contributed by atoms with Gasteiger partial charge in [0.1, 0.15) is 6.07 Å². The molecule has 8 nitrogen and oxygen atoms in total. The van der Waals surface area contributed by atoms with Crippen molar-refractivity contribution in [3.05, 3.63) is 30.0 Å². The minimum absolute atomic E-state index is 0.135. The Bertz CT molecular complexity index is 865. The van der Waals surface area contributed by atoms with Crippen LogP contribution < -0.4 is 5.32 Å². The van der Waals surface area contributed by atoms with Crippen LogP contribution in [0.3, 0.4) is 0 Å². The van der Waals surface area contributed by atoms with E-state index in [0.717, 1.165) is 0 Å². The fourth-order valence-corrected chi connectivity index (χ4v) is 3.85. The highest BCUT2D eigenvalue weighted by Gasteiger charge is 2.22. The van der Waals surface area contributed by atoms with Crippen molar-refractivity contribution in [1.29, 1.82) is 5.26 Å². The SMILES string of the molecule is CCN(CC)S(=O)(=O)c1ccc(-c2nc(C#N)c(NCCOC)o2)cc1. The van der Waals surface area contributed by atoms with E-state index in [0.29, 0.717) is 31.8 Å². The van der Waals surface area contributed by atoms with Crippen LogP contribution in [0.5, 0.6) is 0 Å². The van der Waals surface area contributed by atoms with Crippen molar-refractivity contribution in [2.75, 3.05) is 38.7 Å². The molecule has 0 radical (unpaired) electrons. The van der Waals surface area contributed by atoms with E-state index in [9.17, 15) is 13.7 Å². The number of sulfonamides is 1. The van der Waals surface area contributed by atoms with Gasteiger partial charge in [-0.25, -0.2) is 8.42 Å². The number of nitriles is 1. The Kier molecular flexibility index (Phi) is 6.74. The number of oxazole rings is 1. The zero-order valence-electron chi connectivity index (χ0n) is 15.0. The molecular weight excluding hydrogens is 356 g/mol. The molecule has 9 heteroatoms. The van der Waals surface area contributed by atoms with Crippen LogP contribution in [0.4, 0.5) is 5.88 Å². The molecule has 26 heavy (non-hydrogen) atoms. The molecule has 0 aliphatic rings. The van der Waals surface area contributed by atoms with Gasteiger partial charge in [0.05, 0.1) is 11.5 Å². The van der Waals surface area contributed by atoms with Crippen molar-refractivity contribution in [1.82, 2.24) is 9.29 Å². The Labute approximate surface area is 153 Å². The van der Waals surface area contributed by atoms with Crippen LogP contribution in [-0.2, 0) is 14.8 Å². The fourth-order valence-electron chi connectivity index (χ4n) is 2.39. The summed E-state index contributed by atoms with van der Waals surface area (Å²) in [6.07, 6.45) is 0. The van der Waals surface area contributed by atoms with Crippen molar-refractivity contribution >= 4 is 15.9 Å². The van der Waals surface area contributed by atoms with E-state index in [-0.39, 0.29) is 22.4 Å². The first-order valence-corrected chi connectivity index (χ1v) is 9.66. The summed E-state index contributed by atoms with van der Waals surface area (Å²) in [7, 11) is -1.94. The summed E-state index contributed by atoms with van der Waals surface area (Å²) >= 11 is 0. The van der Waals surface area contributed by atoms with Crippen molar-refractivity contribution in [2.24, 2.45) is 0 Å². The fraction of sp³-hybridized carbons (Fsp3) is 0.412. The molecule has 2 aromatic rings. The van der Waals surface area contributed by atoms with Crippen molar-refractivity contribution in [3.63, 3.8) is 0 Å². The van der Waals surface area contributed by atoms with Gasteiger partial charge < -0.3 is 14.5 Å². The van der Waals surface area contributed by atoms with E-state index >= 15 is 0 Å². The Morgan fingerprint density at radius 2 is 1.92 bits per heavy atom. The molecule has 0 amide bonds. The number of ether oxygens (including phenoxy) is 1. The highest BCUT2D eigenvalue weighted by molar-refractivity contribution is 7.89. The summed E-state index contributed by atoms with van der Waals surface area (Å²) in [6.45, 7) is 5.33. The van der Waals surface area contributed by atoms with Crippen LogP contribution in [0.2, 0.25) is 0 Å². The molecule has 0 unspecified atom stereocenters. The van der Waals surface area contributed by atoms with Gasteiger partial charge in [0, 0.05) is 32.3 Å². The predicted octanol–water partition coefficient (Wildman–Crippen LogP) is 2.30. The number of benzene rings is 1. The van der Waals surface area contributed by atoms with Gasteiger partial charge in [-0.1, -0.05) is 13.8 Å². The number of nitrogens with one attached hydrogen (secondary N) is 1. The molecule has 2 rings (SSSR count). The van der Waals surface area contributed by atoms with Gasteiger partial charge in [-0.3, -0.25) is 0 Å². The van der Waals surface area contributed by atoms with Crippen molar-refractivity contribution in [2.45, 2.75) is 18.7 Å². The van der Waals surface area contributed by atoms with Crippen LogP contribution in [0, 0.1) is 11.3 Å². The van der Waals surface area contributed by atoms with Gasteiger partial charge >= 0.3 is 0 Å².